The first-order chi connectivity index (χ1) is 15.1. The quantitative estimate of drug-likeness (QED) is 0.284. The van der Waals surface area contributed by atoms with E-state index < -0.39 is 10.4 Å². The summed E-state index contributed by atoms with van der Waals surface area (Å²) in [5.41, 5.74) is 3.93. The van der Waals surface area contributed by atoms with Crippen molar-refractivity contribution in [3.8, 4) is 5.75 Å². The van der Waals surface area contributed by atoms with Crippen molar-refractivity contribution in [2.45, 2.75) is 0 Å². The van der Waals surface area contributed by atoms with E-state index in [9.17, 15) is 8.42 Å². The zero-order valence-electron chi connectivity index (χ0n) is 16.8. The number of rotatable bonds is 10. The summed E-state index contributed by atoms with van der Waals surface area (Å²) in [4.78, 5) is 0. The number of benzene rings is 3. The summed E-state index contributed by atoms with van der Waals surface area (Å²) in [6.07, 6.45) is 7.99. The molecule has 0 radical (unpaired) electrons. The second-order valence-electron chi connectivity index (χ2n) is 6.42. The largest absolute Gasteiger partial charge is 0.490 e. The predicted molar refractivity (Wildman–Crippen MR) is 123 cm³/mol. The first-order valence-corrected chi connectivity index (χ1v) is 10.9. The zero-order chi connectivity index (χ0) is 21.9. The van der Waals surface area contributed by atoms with Gasteiger partial charge in [0.2, 0.25) is 0 Å². The number of hydrogen-bond donors (Lipinski definition) is 1. The summed E-state index contributed by atoms with van der Waals surface area (Å²) in [6.45, 7) is -0.230. The lowest BCUT2D eigenvalue weighted by Gasteiger charge is -2.12. The molecule has 0 aliphatic heterocycles. The normalized spacial score (nSPS) is 11.9. The first-order valence-electron chi connectivity index (χ1n) is 9.57. The van der Waals surface area contributed by atoms with Gasteiger partial charge in [-0.3, -0.25) is 0 Å². The summed E-state index contributed by atoms with van der Waals surface area (Å²) in [6, 6.07) is 25.6. The lowest BCUT2D eigenvalue weighted by Crippen LogP contribution is -2.18. The maximum atomic E-state index is 11.2. The Bertz CT molecular complexity index is 1130. The van der Waals surface area contributed by atoms with Gasteiger partial charge in [-0.05, 0) is 22.8 Å². The lowest BCUT2D eigenvalue weighted by molar-refractivity contribution is 0.179. The Morgan fingerprint density at radius 2 is 1.32 bits per heavy atom. The van der Waals surface area contributed by atoms with Gasteiger partial charge in [-0.15, -0.1) is 0 Å². The van der Waals surface area contributed by atoms with Crippen molar-refractivity contribution in [1.82, 2.24) is 0 Å². The monoisotopic (exact) mass is 437 g/mol. The Morgan fingerprint density at radius 1 is 0.710 bits per heavy atom. The van der Waals surface area contributed by atoms with Crippen molar-refractivity contribution in [2.24, 2.45) is 5.90 Å². The topological polar surface area (TPSA) is 87.9 Å². The molecule has 0 aromatic heterocycles. The minimum atomic E-state index is -4.21. The Kier molecular flexibility index (Phi) is 8.14. The Balaban J connectivity index is 1.84. The van der Waals surface area contributed by atoms with Gasteiger partial charge in [0, 0.05) is 5.56 Å². The van der Waals surface area contributed by atoms with Crippen LogP contribution in [0.15, 0.2) is 78.9 Å². The van der Waals surface area contributed by atoms with Crippen LogP contribution in [0, 0.1) is 0 Å². The van der Waals surface area contributed by atoms with Crippen LogP contribution in [0.25, 0.3) is 24.3 Å². The SMILES string of the molecule is NOS(=O)(=O)OCCOc1cccc(C=Cc2ccccc2)c1C=Cc1ccccc1. The number of ether oxygens (including phenoxy) is 1. The second kappa shape index (κ2) is 11.2. The summed E-state index contributed by atoms with van der Waals surface area (Å²) in [7, 11) is -4.21. The fourth-order valence-corrected chi connectivity index (χ4v) is 3.15. The average molecular weight is 438 g/mol. The van der Waals surface area contributed by atoms with Gasteiger partial charge in [0.05, 0.1) is 0 Å². The van der Waals surface area contributed by atoms with E-state index in [1.807, 2.05) is 103 Å². The third kappa shape index (κ3) is 7.20. The fraction of sp³-hybridized carbons (Fsp3) is 0.0833. The van der Waals surface area contributed by atoms with Crippen LogP contribution in [0.2, 0.25) is 0 Å². The predicted octanol–water partition coefficient (Wildman–Crippen LogP) is 4.56. The van der Waals surface area contributed by atoms with E-state index in [1.165, 1.54) is 0 Å². The van der Waals surface area contributed by atoms with Crippen LogP contribution in [0.3, 0.4) is 0 Å². The highest BCUT2D eigenvalue weighted by molar-refractivity contribution is 7.81. The molecule has 0 heterocycles. The van der Waals surface area contributed by atoms with Crippen LogP contribution in [0.4, 0.5) is 0 Å². The molecule has 0 aliphatic rings. The van der Waals surface area contributed by atoms with E-state index in [4.69, 9.17) is 4.74 Å². The molecule has 0 bridgehead atoms. The van der Waals surface area contributed by atoms with Crippen LogP contribution in [0.1, 0.15) is 22.3 Å². The smallest absolute Gasteiger partial charge is 0.416 e. The molecule has 0 saturated heterocycles. The lowest BCUT2D eigenvalue weighted by atomic mass is 10.0. The van der Waals surface area contributed by atoms with E-state index in [0.717, 1.165) is 22.3 Å². The van der Waals surface area contributed by atoms with Crippen LogP contribution >= 0.6 is 0 Å². The molecule has 3 rings (SSSR count). The number of nitrogens with two attached hydrogens (primary N) is 1. The maximum Gasteiger partial charge on any atom is 0.416 e. The molecule has 3 aromatic rings. The second-order valence-corrected chi connectivity index (χ2v) is 7.67. The average Bonchev–Trinajstić information content (AvgIpc) is 2.81. The molecular formula is C24H23NO5S. The summed E-state index contributed by atoms with van der Waals surface area (Å²) >= 11 is 0. The molecule has 0 saturated carbocycles. The van der Waals surface area contributed by atoms with E-state index in [-0.39, 0.29) is 13.2 Å². The molecule has 0 amide bonds. The fourth-order valence-electron chi connectivity index (χ4n) is 2.82. The Morgan fingerprint density at radius 3 is 1.94 bits per heavy atom. The molecule has 0 aliphatic carbocycles. The van der Waals surface area contributed by atoms with Gasteiger partial charge >= 0.3 is 10.4 Å². The molecule has 0 spiro atoms. The minimum Gasteiger partial charge on any atom is -0.490 e. The summed E-state index contributed by atoms with van der Waals surface area (Å²) in [5.74, 6) is 5.24. The van der Waals surface area contributed by atoms with Crippen LogP contribution in [-0.2, 0) is 18.9 Å². The van der Waals surface area contributed by atoms with Crippen LogP contribution < -0.4 is 10.6 Å². The molecule has 7 heteroatoms. The minimum absolute atomic E-state index is 0.000615. The molecule has 6 nitrogen and oxygen atoms in total. The summed E-state index contributed by atoms with van der Waals surface area (Å²) < 4.78 is 36.5. The molecule has 0 fully saturated rings. The van der Waals surface area contributed by atoms with Crippen LogP contribution in [0.5, 0.6) is 5.75 Å². The number of hydrogen-bond acceptors (Lipinski definition) is 6. The van der Waals surface area contributed by atoms with Crippen molar-refractivity contribution in [1.29, 1.82) is 0 Å². The highest BCUT2D eigenvalue weighted by atomic mass is 32.3. The Labute approximate surface area is 182 Å². The van der Waals surface area contributed by atoms with Crippen molar-refractivity contribution in [3.05, 3.63) is 101 Å². The molecular weight excluding hydrogens is 414 g/mol. The molecule has 2 N–H and O–H groups in total. The standard InChI is InChI=1S/C24H23NO5S/c25-30-31(26,27)29-19-18-28-24-13-7-12-22(16-14-20-8-3-1-4-9-20)23(24)17-15-21-10-5-2-6-11-21/h1-17H,18-19,25H2. The van der Waals surface area contributed by atoms with Crippen molar-refractivity contribution >= 4 is 34.7 Å². The molecule has 0 atom stereocenters. The molecule has 31 heavy (non-hydrogen) atoms. The summed E-state index contributed by atoms with van der Waals surface area (Å²) in [5, 5.41) is 0. The van der Waals surface area contributed by atoms with E-state index >= 15 is 0 Å². The van der Waals surface area contributed by atoms with Gasteiger partial charge < -0.3 is 4.74 Å². The highest BCUT2D eigenvalue weighted by Gasteiger charge is 2.10. The van der Waals surface area contributed by atoms with E-state index in [1.54, 1.807) is 0 Å². The van der Waals surface area contributed by atoms with Crippen molar-refractivity contribution in [3.63, 3.8) is 0 Å². The third-order valence-electron chi connectivity index (χ3n) is 4.28. The van der Waals surface area contributed by atoms with Gasteiger partial charge in [0.25, 0.3) is 0 Å². The maximum absolute atomic E-state index is 11.2. The van der Waals surface area contributed by atoms with Gasteiger partial charge in [0.15, 0.2) is 0 Å². The van der Waals surface area contributed by atoms with E-state index in [2.05, 4.69) is 14.4 Å². The van der Waals surface area contributed by atoms with Gasteiger partial charge in [-0.25, -0.2) is 4.18 Å². The van der Waals surface area contributed by atoms with Gasteiger partial charge in [-0.1, -0.05) is 97.1 Å². The molecule has 160 valence electrons. The Hall–Kier alpha value is -3.23. The highest BCUT2D eigenvalue weighted by Crippen LogP contribution is 2.27. The van der Waals surface area contributed by atoms with Crippen molar-refractivity contribution < 1.29 is 21.6 Å². The third-order valence-corrected chi connectivity index (χ3v) is 4.97. The molecule has 3 aromatic carbocycles. The van der Waals surface area contributed by atoms with Crippen molar-refractivity contribution in [2.75, 3.05) is 13.2 Å². The van der Waals surface area contributed by atoms with Crippen LogP contribution in [-0.4, -0.2) is 21.6 Å². The van der Waals surface area contributed by atoms with E-state index in [0.29, 0.717) is 5.75 Å². The van der Waals surface area contributed by atoms with Gasteiger partial charge in [-0.2, -0.15) is 18.6 Å². The first kappa shape index (κ1) is 22.5. The van der Waals surface area contributed by atoms with Gasteiger partial charge in [0.1, 0.15) is 19.0 Å². The molecule has 0 unspecified atom stereocenters. The zero-order valence-corrected chi connectivity index (χ0v) is 17.6.